The van der Waals surface area contributed by atoms with E-state index in [9.17, 15) is 13.2 Å². The Morgan fingerprint density at radius 1 is 0.929 bits per heavy atom. The fourth-order valence-electron chi connectivity index (χ4n) is 4.14. The molecular weight excluding hydrogens is 372 g/mol. The Kier molecular flexibility index (Phi) is 5.25. The van der Waals surface area contributed by atoms with E-state index in [1.807, 2.05) is 24.3 Å². The van der Waals surface area contributed by atoms with E-state index in [-0.39, 0.29) is 10.8 Å². The smallest absolute Gasteiger partial charge is 0.258 e. The first-order chi connectivity index (χ1) is 13.5. The summed E-state index contributed by atoms with van der Waals surface area (Å²) >= 11 is 0. The second-order valence-corrected chi connectivity index (χ2v) is 9.54. The molecule has 1 fully saturated rings. The summed E-state index contributed by atoms with van der Waals surface area (Å²) < 4.78 is 28.1. The van der Waals surface area contributed by atoms with Gasteiger partial charge in [-0.05, 0) is 55.5 Å². The van der Waals surface area contributed by atoms with E-state index >= 15 is 0 Å². The van der Waals surface area contributed by atoms with Crippen molar-refractivity contribution in [2.45, 2.75) is 43.9 Å². The molecule has 0 radical (unpaired) electrons. The highest BCUT2D eigenvalue weighted by Crippen LogP contribution is 2.30. The quantitative estimate of drug-likeness (QED) is 0.791. The van der Waals surface area contributed by atoms with Crippen LogP contribution in [0.3, 0.4) is 0 Å². The minimum Gasteiger partial charge on any atom is -0.308 e. The third kappa shape index (κ3) is 3.47. The molecule has 2 aromatic rings. The molecule has 0 bridgehead atoms. The van der Waals surface area contributed by atoms with E-state index in [1.54, 1.807) is 34.3 Å². The second-order valence-electron chi connectivity index (χ2n) is 7.63. The molecule has 6 heteroatoms. The molecule has 0 aromatic heterocycles. The van der Waals surface area contributed by atoms with Crippen molar-refractivity contribution in [2.24, 2.45) is 0 Å². The molecule has 0 saturated carbocycles. The molecular formula is C22H26N2O3S. The third-order valence-corrected chi connectivity index (χ3v) is 7.79. The summed E-state index contributed by atoms with van der Waals surface area (Å²) in [5, 5.41) is 0. The minimum atomic E-state index is -3.59. The lowest BCUT2D eigenvalue weighted by molar-refractivity contribution is 0.0989. The zero-order valence-electron chi connectivity index (χ0n) is 16.2. The molecule has 0 atom stereocenters. The standard InChI is InChI=1S/C22H26N2O3S/c1-17-10-11-19(22(25)24-15-12-18-8-4-5-9-20(18)24)16-21(17)28(26,27)23-13-6-2-3-7-14-23/h4-5,8-11,16H,2-3,6-7,12-15H2,1H3. The number of aryl methyl sites for hydroxylation is 1. The van der Waals surface area contributed by atoms with Crippen molar-refractivity contribution in [3.05, 3.63) is 59.2 Å². The van der Waals surface area contributed by atoms with Crippen molar-refractivity contribution < 1.29 is 13.2 Å². The molecule has 28 heavy (non-hydrogen) atoms. The van der Waals surface area contributed by atoms with E-state index < -0.39 is 10.0 Å². The summed E-state index contributed by atoms with van der Waals surface area (Å²) in [6.07, 6.45) is 4.74. The zero-order chi connectivity index (χ0) is 19.7. The van der Waals surface area contributed by atoms with Crippen LogP contribution in [0.15, 0.2) is 47.4 Å². The molecule has 1 saturated heterocycles. The third-order valence-electron chi connectivity index (χ3n) is 5.75. The highest BCUT2D eigenvalue weighted by Gasteiger charge is 2.29. The van der Waals surface area contributed by atoms with Gasteiger partial charge < -0.3 is 4.90 Å². The number of carbonyl (C=O) groups excluding carboxylic acids is 1. The number of benzene rings is 2. The number of amides is 1. The molecule has 5 nitrogen and oxygen atoms in total. The van der Waals surface area contributed by atoms with Gasteiger partial charge in [-0.2, -0.15) is 4.31 Å². The zero-order valence-corrected chi connectivity index (χ0v) is 17.0. The summed E-state index contributed by atoms with van der Waals surface area (Å²) in [5.41, 5.74) is 3.18. The van der Waals surface area contributed by atoms with Gasteiger partial charge in [-0.1, -0.05) is 37.1 Å². The first-order valence-electron chi connectivity index (χ1n) is 9.99. The predicted molar refractivity (Wildman–Crippen MR) is 110 cm³/mol. The normalized spacial score (nSPS) is 18.0. The Bertz CT molecular complexity index is 993. The van der Waals surface area contributed by atoms with Gasteiger partial charge in [0.05, 0.1) is 4.90 Å². The molecule has 2 aromatic carbocycles. The van der Waals surface area contributed by atoms with Gasteiger partial charge in [0, 0.05) is 30.9 Å². The number of carbonyl (C=O) groups is 1. The Morgan fingerprint density at radius 3 is 2.39 bits per heavy atom. The molecule has 0 N–H and O–H groups in total. The van der Waals surface area contributed by atoms with E-state index in [4.69, 9.17) is 0 Å². The molecule has 0 spiro atoms. The summed E-state index contributed by atoms with van der Waals surface area (Å²) in [4.78, 5) is 15.2. The van der Waals surface area contributed by atoms with Gasteiger partial charge in [-0.25, -0.2) is 8.42 Å². The van der Waals surface area contributed by atoms with Crippen LogP contribution in [0.5, 0.6) is 0 Å². The monoisotopic (exact) mass is 398 g/mol. The minimum absolute atomic E-state index is 0.141. The molecule has 1 amide bonds. The molecule has 2 aliphatic heterocycles. The first kappa shape index (κ1) is 19.2. The Labute approximate surface area is 167 Å². The van der Waals surface area contributed by atoms with Crippen LogP contribution in [0, 0.1) is 6.92 Å². The first-order valence-corrected chi connectivity index (χ1v) is 11.4. The Hall–Kier alpha value is -2.18. The summed E-state index contributed by atoms with van der Waals surface area (Å²) in [6.45, 7) is 3.53. The average molecular weight is 399 g/mol. The lowest BCUT2D eigenvalue weighted by Crippen LogP contribution is -2.33. The fourth-order valence-corrected chi connectivity index (χ4v) is 5.91. The van der Waals surface area contributed by atoms with Gasteiger partial charge in [0.2, 0.25) is 10.0 Å². The van der Waals surface area contributed by atoms with Crippen molar-refractivity contribution in [2.75, 3.05) is 24.5 Å². The van der Waals surface area contributed by atoms with Crippen LogP contribution in [0.2, 0.25) is 0 Å². The lowest BCUT2D eigenvalue weighted by Gasteiger charge is -2.22. The Morgan fingerprint density at radius 2 is 1.64 bits per heavy atom. The van der Waals surface area contributed by atoms with E-state index in [0.717, 1.165) is 43.4 Å². The van der Waals surface area contributed by atoms with Crippen LogP contribution in [-0.4, -0.2) is 38.3 Å². The van der Waals surface area contributed by atoms with Crippen molar-refractivity contribution >= 4 is 21.6 Å². The number of hydrogen-bond donors (Lipinski definition) is 0. The van der Waals surface area contributed by atoms with Crippen LogP contribution >= 0.6 is 0 Å². The number of hydrogen-bond acceptors (Lipinski definition) is 3. The van der Waals surface area contributed by atoms with Crippen LogP contribution in [0.4, 0.5) is 5.69 Å². The van der Waals surface area contributed by atoms with Gasteiger partial charge in [0.25, 0.3) is 5.91 Å². The summed E-state index contributed by atoms with van der Waals surface area (Å²) in [6, 6.07) is 12.9. The fraction of sp³-hybridized carbons (Fsp3) is 0.409. The maximum Gasteiger partial charge on any atom is 0.258 e. The summed E-state index contributed by atoms with van der Waals surface area (Å²) in [7, 11) is -3.59. The average Bonchev–Trinajstić information content (AvgIpc) is 2.92. The number of fused-ring (bicyclic) bond motifs is 1. The summed E-state index contributed by atoms with van der Waals surface area (Å²) in [5.74, 6) is -0.141. The molecule has 148 valence electrons. The largest absolute Gasteiger partial charge is 0.308 e. The van der Waals surface area contributed by atoms with Crippen LogP contribution in [0.25, 0.3) is 0 Å². The topological polar surface area (TPSA) is 57.7 Å². The number of anilines is 1. The maximum absolute atomic E-state index is 13.3. The SMILES string of the molecule is Cc1ccc(C(=O)N2CCc3ccccc32)cc1S(=O)(=O)N1CCCCCC1. The van der Waals surface area contributed by atoms with Crippen LogP contribution < -0.4 is 4.90 Å². The van der Waals surface area contributed by atoms with Crippen molar-refractivity contribution in [1.29, 1.82) is 0 Å². The molecule has 0 unspecified atom stereocenters. The Balaban J connectivity index is 1.67. The van der Waals surface area contributed by atoms with Crippen molar-refractivity contribution in [3.63, 3.8) is 0 Å². The molecule has 0 aliphatic carbocycles. The highest BCUT2D eigenvalue weighted by molar-refractivity contribution is 7.89. The predicted octanol–water partition coefficient (Wildman–Crippen LogP) is 3.76. The molecule has 2 heterocycles. The number of rotatable bonds is 3. The van der Waals surface area contributed by atoms with E-state index in [2.05, 4.69) is 0 Å². The van der Waals surface area contributed by atoms with Gasteiger partial charge in [-0.3, -0.25) is 4.79 Å². The molecule has 2 aliphatic rings. The van der Waals surface area contributed by atoms with E-state index in [0.29, 0.717) is 30.8 Å². The second kappa shape index (κ2) is 7.68. The van der Waals surface area contributed by atoms with E-state index in [1.165, 1.54) is 0 Å². The van der Waals surface area contributed by atoms with Gasteiger partial charge in [0.1, 0.15) is 0 Å². The lowest BCUT2D eigenvalue weighted by atomic mass is 10.1. The number of para-hydroxylation sites is 1. The van der Waals surface area contributed by atoms with Crippen molar-refractivity contribution in [3.8, 4) is 0 Å². The van der Waals surface area contributed by atoms with Gasteiger partial charge >= 0.3 is 0 Å². The number of nitrogens with zero attached hydrogens (tertiary/aromatic N) is 2. The molecule has 4 rings (SSSR count). The van der Waals surface area contributed by atoms with Crippen LogP contribution in [-0.2, 0) is 16.4 Å². The van der Waals surface area contributed by atoms with Crippen molar-refractivity contribution in [1.82, 2.24) is 4.31 Å². The van der Waals surface area contributed by atoms with Gasteiger partial charge in [0.15, 0.2) is 0 Å². The highest BCUT2D eigenvalue weighted by atomic mass is 32.2. The van der Waals surface area contributed by atoms with Gasteiger partial charge in [-0.15, -0.1) is 0 Å². The van der Waals surface area contributed by atoms with Crippen LogP contribution in [0.1, 0.15) is 47.2 Å². The number of sulfonamides is 1. The maximum atomic E-state index is 13.3.